The van der Waals surface area contributed by atoms with Crippen molar-refractivity contribution in [1.82, 2.24) is 0 Å². The predicted octanol–water partition coefficient (Wildman–Crippen LogP) is -2.37. The van der Waals surface area contributed by atoms with E-state index in [-0.39, 0.29) is 23.0 Å². The van der Waals surface area contributed by atoms with Crippen LogP contribution in [0.15, 0.2) is 36.4 Å². The van der Waals surface area contributed by atoms with Crippen LogP contribution in [0.1, 0.15) is 11.1 Å². The smallest absolute Gasteiger partial charge is 0.229 e. The minimum absolute atomic E-state index is 0.0384. The zero-order chi connectivity index (χ0) is 29.1. The molecule has 10 unspecified atom stereocenters. The van der Waals surface area contributed by atoms with E-state index in [1.807, 2.05) is 0 Å². The van der Waals surface area contributed by atoms with Crippen molar-refractivity contribution in [2.75, 3.05) is 13.2 Å². The van der Waals surface area contributed by atoms with E-state index in [1.165, 1.54) is 48.6 Å². The molecule has 2 aliphatic heterocycles. The molecular weight excluding hydrogens is 536 g/mol. The summed E-state index contributed by atoms with van der Waals surface area (Å²) in [6.07, 6.45) is -11.8. The predicted molar refractivity (Wildman–Crippen MR) is 134 cm³/mol. The molecule has 0 aliphatic carbocycles. The molecule has 10 atom stereocenters. The number of phenols is 2. The van der Waals surface area contributed by atoms with Gasteiger partial charge in [-0.15, -0.1) is 0 Å². The summed E-state index contributed by atoms with van der Waals surface area (Å²) < 4.78 is 21.6. The van der Waals surface area contributed by atoms with Gasteiger partial charge in [-0.3, -0.25) is 0 Å². The number of rotatable bonds is 8. The van der Waals surface area contributed by atoms with Crippen LogP contribution in [0, 0.1) is 0 Å². The van der Waals surface area contributed by atoms with Crippen LogP contribution >= 0.6 is 0 Å². The molecule has 14 heteroatoms. The van der Waals surface area contributed by atoms with E-state index in [9.17, 15) is 51.1 Å². The highest BCUT2D eigenvalue weighted by atomic mass is 16.7. The third-order valence-electron chi connectivity index (χ3n) is 6.57. The first-order valence-electron chi connectivity index (χ1n) is 12.3. The third kappa shape index (κ3) is 6.47. The summed E-state index contributed by atoms with van der Waals surface area (Å²) in [5, 5.41) is 99.2. The molecule has 14 nitrogen and oxygen atoms in total. The van der Waals surface area contributed by atoms with Crippen LogP contribution in [0.2, 0.25) is 0 Å². The fraction of sp³-hybridized carbons (Fsp3) is 0.462. The first-order chi connectivity index (χ1) is 19.0. The normalized spacial score (nSPS) is 34.6. The summed E-state index contributed by atoms with van der Waals surface area (Å²) in [6.45, 7) is -1.25. The molecule has 2 fully saturated rings. The Balaban J connectivity index is 1.45. The molecule has 40 heavy (non-hydrogen) atoms. The Morgan fingerprint density at radius 3 is 1.70 bits per heavy atom. The van der Waals surface area contributed by atoms with Crippen LogP contribution in [0.3, 0.4) is 0 Å². The molecule has 0 bridgehead atoms. The molecule has 0 saturated carbocycles. The molecule has 0 spiro atoms. The SMILES string of the molecule is OCC1OC(Oc2cc(O)cc(/C=C/c3ccc(OC4OC(CO)C(O)C(O)C4O)cc3O)c2)C(O)C(O)C1O. The number of hydrogen-bond acceptors (Lipinski definition) is 14. The molecule has 0 radical (unpaired) electrons. The summed E-state index contributed by atoms with van der Waals surface area (Å²) in [7, 11) is 0. The van der Waals surface area contributed by atoms with Gasteiger partial charge in [0.1, 0.15) is 71.8 Å². The Kier molecular flexibility index (Phi) is 9.48. The number of ether oxygens (including phenoxy) is 4. The minimum atomic E-state index is -1.64. The Bertz CT molecular complexity index is 1170. The summed E-state index contributed by atoms with van der Waals surface area (Å²) in [5.41, 5.74) is 0.724. The van der Waals surface area contributed by atoms with Crippen molar-refractivity contribution in [3.05, 3.63) is 47.5 Å². The first-order valence-corrected chi connectivity index (χ1v) is 12.3. The van der Waals surface area contributed by atoms with Crippen molar-refractivity contribution in [1.29, 1.82) is 0 Å². The molecule has 2 aromatic rings. The van der Waals surface area contributed by atoms with E-state index in [1.54, 1.807) is 0 Å². The van der Waals surface area contributed by atoms with Gasteiger partial charge in [0.15, 0.2) is 0 Å². The van der Waals surface area contributed by atoms with E-state index in [2.05, 4.69) is 0 Å². The first kappa shape index (κ1) is 30.0. The lowest BCUT2D eigenvalue weighted by molar-refractivity contribution is -0.277. The van der Waals surface area contributed by atoms with Crippen molar-refractivity contribution in [2.24, 2.45) is 0 Å². The zero-order valence-corrected chi connectivity index (χ0v) is 20.9. The van der Waals surface area contributed by atoms with Crippen LogP contribution in [0.4, 0.5) is 0 Å². The van der Waals surface area contributed by atoms with Gasteiger partial charge in [0.25, 0.3) is 0 Å². The maximum atomic E-state index is 10.5. The topological polar surface area (TPSA) is 239 Å². The van der Waals surface area contributed by atoms with Gasteiger partial charge in [-0.25, -0.2) is 0 Å². The van der Waals surface area contributed by atoms with E-state index in [4.69, 9.17) is 18.9 Å². The number of hydrogen-bond donors (Lipinski definition) is 10. The average molecular weight is 569 g/mol. The highest BCUT2D eigenvalue weighted by Gasteiger charge is 2.45. The molecule has 10 N–H and O–H groups in total. The number of aliphatic hydroxyl groups excluding tert-OH is 8. The number of aromatic hydroxyl groups is 2. The molecule has 0 amide bonds. The molecule has 2 heterocycles. The van der Waals surface area contributed by atoms with Crippen LogP contribution in [0.5, 0.6) is 23.0 Å². The maximum absolute atomic E-state index is 10.5. The highest BCUT2D eigenvalue weighted by Crippen LogP contribution is 2.31. The fourth-order valence-corrected chi connectivity index (χ4v) is 4.29. The van der Waals surface area contributed by atoms with Crippen LogP contribution in [-0.4, -0.2) is 126 Å². The second kappa shape index (κ2) is 12.7. The molecule has 2 saturated heterocycles. The maximum Gasteiger partial charge on any atom is 0.229 e. The quantitative estimate of drug-likeness (QED) is 0.150. The van der Waals surface area contributed by atoms with Gasteiger partial charge in [-0.2, -0.15) is 0 Å². The van der Waals surface area contributed by atoms with E-state index in [0.717, 1.165) is 0 Å². The number of phenolic OH excluding ortho intramolecular Hbond substituents is 2. The zero-order valence-electron chi connectivity index (χ0n) is 20.9. The van der Waals surface area contributed by atoms with Gasteiger partial charge in [-0.05, 0) is 29.8 Å². The Morgan fingerprint density at radius 2 is 1.18 bits per heavy atom. The standard InChI is InChI=1S/C26H32O14/c27-9-17-19(31)21(33)23(35)25(39-17)37-14-4-3-12(16(30)8-14)2-1-11-5-13(29)7-15(6-11)38-26-24(36)22(34)20(32)18(10-28)40-26/h1-8,17-36H,9-10H2/b2-1+. The van der Waals surface area contributed by atoms with Crippen molar-refractivity contribution < 1.29 is 70.0 Å². The summed E-state index contributed by atoms with van der Waals surface area (Å²) >= 11 is 0. The summed E-state index contributed by atoms with van der Waals surface area (Å²) in [6, 6.07) is 8.20. The van der Waals surface area contributed by atoms with E-state index in [0.29, 0.717) is 11.1 Å². The third-order valence-corrected chi connectivity index (χ3v) is 6.57. The number of benzene rings is 2. The molecule has 2 aromatic carbocycles. The van der Waals surface area contributed by atoms with Gasteiger partial charge < -0.3 is 70.0 Å². The van der Waals surface area contributed by atoms with Crippen molar-refractivity contribution in [3.8, 4) is 23.0 Å². The van der Waals surface area contributed by atoms with Crippen molar-refractivity contribution in [2.45, 2.75) is 61.4 Å². The van der Waals surface area contributed by atoms with Gasteiger partial charge in [-0.1, -0.05) is 12.2 Å². The van der Waals surface area contributed by atoms with Gasteiger partial charge in [0.05, 0.1) is 13.2 Å². The lowest BCUT2D eigenvalue weighted by atomic mass is 9.99. The molecule has 2 aliphatic rings. The van der Waals surface area contributed by atoms with E-state index >= 15 is 0 Å². The van der Waals surface area contributed by atoms with E-state index < -0.39 is 74.6 Å². The second-order valence-corrected chi connectivity index (χ2v) is 9.44. The Morgan fingerprint density at radius 1 is 0.625 bits per heavy atom. The molecular formula is C26H32O14. The number of aliphatic hydroxyl groups is 8. The van der Waals surface area contributed by atoms with Gasteiger partial charge >= 0.3 is 0 Å². The molecule has 4 rings (SSSR count). The highest BCUT2D eigenvalue weighted by molar-refractivity contribution is 5.74. The lowest BCUT2D eigenvalue weighted by Gasteiger charge is -2.39. The van der Waals surface area contributed by atoms with Crippen LogP contribution < -0.4 is 9.47 Å². The minimum Gasteiger partial charge on any atom is -0.508 e. The average Bonchev–Trinajstić information content (AvgIpc) is 2.93. The molecule has 0 aromatic heterocycles. The van der Waals surface area contributed by atoms with Gasteiger partial charge in [0.2, 0.25) is 12.6 Å². The van der Waals surface area contributed by atoms with Crippen molar-refractivity contribution >= 4 is 12.2 Å². The Labute approximate surface area is 227 Å². The van der Waals surface area contributed by atoms with Crippen molar-refractivity contribution in [3.63, 3.8) is 0 Å². The summed E-state index contributed by atoms with van der Waals surface area (Å²) in [5.74, 6) is -0.353. The summed E-state index contributed by atoms with van der Waals surface area (Å²) in [4.78, 5) is 0. The Hall–Kier alpha value is -3.02. The lowest BCUT2D eigenvalue weighted by Crippen LogP contribution is -2.60. The molecule has 220 valence electrons. The van der Waals surface area contributed by atoms with Crippen LogP contribution in [0.25, 0.3) is 12.2 Å². The van der Waals surface area contributed by atoms with Crippen LogP contribution in [-0.2, 0) is 9.47 Å². The monoisotopic (exact) mass is 568 g/mol. The van der Waals surface area contributed by atoms with Gasteiger partial charge in [0, 0.05) is 17.7 Å². The fourth-order valence-electron chi connectivity index (χ4n) is 4.29. The second-order valence-electron chi connectivity index (χ2n) is 9.44. The largest absolute Gasteiger partial charge is 0.508 e.